The highest BCUT2D eigenvalue weighted by Gasteiger charge is 2.27. The van der Waals surface area contributed by atoms with Crippen LogP contribution in [0.15, 0.2) is 29.2 Å². The molecule has 6 nitrogen and oxygen atoms in total. The molecule has 2 saturated heterocycles. The highest BCUT2D eigenvalue weighted by atomic mass is 32.2. The van der Waals surface area contributed by atoms with Gasteiger partial charge >= 0.3 is 0 Å². The van der Waals surface area contributed by atoms with Crippen LogP contribution in [0.25, 0.3) is 0 Å². The van der Waals surface area contributed by atoms with E-state index in [4.69, 9.17) is 9.47 Å². The van der Waals surface area contributed by atoms with E-state index in [9.17, 15) is 8.42 Å². The minimum absolute atomic E-state index is 0.210. The first kappa shape index (κ1) is 17.8. The molecule has 2 atom stereocenters. The second-order valence-corrected chi connectivity index (χ2v) is 8.52. The fraction of sp³-hybridized carbons (Fsp3) is 0.647. The lowest BCUT2D eigenvalue weighted by Crippen LogP contribution is -2.46. The van der Waals surface area contributed by atoms with Crippen molar-refractivity contribution < 1.29 is 17.9 Å². The van der Waals surface area contributed by atoms with Crippen LogP contribution in [0, 0.1) is 0 Å². The Morgan fingerprint density at radius 3 is 2.71 bits per heavy atom. The van der Waals surface area contributed by atoms with Crippen LogP contribution >= 0.6 is 0 Å². The molecule has 0 aromatic heterocycles. The summed E-state index contributed by atoms with van der Waals surface area (Å²) in [7, 11) is -3.44. The summed E-state index contributed by atoms with van der Waals surface area (Å²) in [5, 5.41) is 0. The van der Waals surface area contributed by atoms with Gasteiger partial charge in [-0.1, -0.05) is 12.1 Å². The number of nitrogens with zero attached hydrogens (tertiary/aromatic N) is 2. The third-order valence-corrected chi connectivity index (χ3v) is 6.52. The summed E-state index contributed by atoms with van der Waals surface area (Å²) in [6.07, 6.45) is 0.210. The van der Waals surface area contributed by atoms with Gasteiger partial charge in [0.25, 0.3) is 0 Å². The van der Waals surface area contributed by atoms with Crippen molar-refractivity contribution in [1.82, 2.24) is 9.21 Å². The highest BCUT2D eigenvalue weighted by Crippen LogP contribution is 2.21. The lowest BCUT2D eigenvalue weighted by molar-refractivity contribution is -0.0526. The predicted octanol–water partition coefficient (Wildman–Crippen LogP) is 1.32. The molecule has 134 valence electrons. The highest BCUT2D eigenvalue weighted by molar-refractivity contribution is 7.89. The molecule has 2 fully saturated rings. The standard InChI is InChI=1S/C17H26N2O4S/c1-14-13-23-15(2)11-18(14)12-16-4-3-5-17(10-16)24(20,21)19-6-8-22-9-7-19/h3-5,10,14-15H,6-9,11-13H2,1-2H3. The van der Waals surface area contributed by atoms with Crippen molar-refractivity contribution in [3.05, 3.63) is 29.8 Å². The average Bonchev–Trinajstić information content (AvgIpc) is 2.59. The summed E-state index contributed by atoms with van der Waals surface area (Å²) in [6, 6.07) is 7.64. The summed E-state index contributed by atoms with van der Waals surface area (Å²) < 4.78 is 38.0. The number of hydrogen-bond acceptors (Lipinski definition) is 5. The van der Waals surface area contributed by atoms with E-state index in [1.54, 1.807) is 12.1 Å². The molecule has 2 aliphatic rings. The van der Waals surface area contributed by atoms with Crippen LogP contribution in [0.1, 0.15) is 19.4 Å². The Kier molecular flexibility index (Phi) is 5.56. The molecule has 7 heteroatoms. The van der Waals surface area contributed by atoms with E-state index in [2.05, 4.69) is 18.7 Å². The van der Waals surface area contributed by atoms with Crippen LogP contribution in [-0.2, 0) is 26.0 Å². The van der Waals surface area contributed by atoms with Gasteiger partial charge in [0.15, 0.2) is 0 Å². The van der Waals surface area contributed by atoms with Gasteiger partial charge < -0.3 is 9.47 Å². The average molecular weight is 354 g/mol. The van der Waals surface area contributed by atoms with E-state index >= 15 is 0 Å². The van der Waals surface area contributed by atoms with E-state index in [0.29, 0.717) is 43.8 Å². The van der Waals surface area contributed by atoms with Crippen molar-refractivity contribution in [2.24, 2.45) is 0 Å². The van der Waals surface area contributed by atoms with Crippen molar-refractivity contribution in [2.75, 3.05) is 39.5 Å². The minimum atomic E-state index is -3.44. The summed E-state index contributed by atoms with van der Waals surface area (Å²) in [5.41, 5.74) is 1.02. The molecular formula is C17H26N2O4S. The van der Waals surface area contributed by atoms with Crippen LogP contribution in [0.4, 0.5) is 0 Å². The van der Waals surface area contributed by atoms with E-state index < -0.39 is 10.0 Å². The first-order valence-corrected chi connectivity index (χ1v) is 9.93. The quantitative estimate of drug-likeness (QED) is 0.816. The molecule has 0 spiro atoms. The molecule has 3 rings (SSSR count). The summed E-state index contributed by atoms with van der Waals surface area (Å²) >= 11 is 0. The van der Waals surface area contributed by atoms with Gasteiger partial charge in [0.1, 0.15) is 0 Å². The molecule has 0 aliphatic carbocycles. The van der Waals surface area contributed by atoms with E-state index in [1.165, 1.54) is 4.31 Å². The molecule has 2 aliphatic heterocycles. The third-order valence-electron chi connectivity index (χ3n) is 4.63. The Labute approximate surface area is 144 Å². The maximum Gasteiger partial charge on any atom is 0.243 e. The first-order chi connectivity index (χ1) is 11.5. The van der Waals surface area contributed by atoms with Gasteiger partial charge in [0, 0.05) is 32.2 Å². The van der Waals surface area contributed by atoms with Gasteiger partial charge in [-0.3, -0.25) is 4.90 Å². The SMILES string of the molecule is CC1CN(Cc2cccc(S(=O)(=O)N3CCOCC3)c2)C(C)CO1. The number of benzene rings is 1. The lowest BCUT2D eigenvalue weighted by atomic mass is 10.1. The van der Waals surface area contributed by atoms with Crippen molar-refractivity contribution >= 4 is 10.0 Å². The number of sulfonamides is 1. The van der Waals surface area contributed by atoms with Gasteiger partial charge in [-0.15, -0.1) is 0 Å². The van der Waals surface area contributed by atoms with E-state index in [0.717, 1.165) is 18.7 Å². The fourth-order valence-corrected chi connectivity index (χ4v) is 4.65. The van der Waals surface area contributed by atoms with Gasteiger partial charge in [0.05, 0.1) is 30.8 Å². The van der Waals surface area contributed by atoms with Gasteiger partial charge in [-0.25, -0.2) is 8.42 Å². The van der Waals surface area contributed by atoms with Crippen LogP contribution in [0.3, 0.4) is 0 Å². The van der Waals surface area contributed by atoms with Crippen LogP contribution in [-0.4, -0.2) is 69.2 Å². The lowest BCUT2D eigenvalue weighted by Gasteiger charge is -2.36. The maximum atomic E-state index is 12.8. The zero-order valence-electron chi connectivity index (χ0n) is 14.3. The molecule has 0 radical (unpaired) electrons. The fourth-order valence-electron chi connectivity index (χ4n) is 3.17. The van der Waals surface area contributed by atoms with Gasteiger partial charge in [-0.05, 0) is 31.5 Å². The topological polar surface area (TPSA) is 59.1 Å². The smallest absolute Gasteiger partial charge is 0.243 e. The predicted molar refractivity (Wildman–Crippen MR) is 91.3 cm³/mol. The largest absolute Gasteiger partial charge is 0.379 e. The molecule has 2 heterocycles. The Hall–Kier alpha value is -0.990. The van der Waals surface area contributed by atoms with Crippen molar-refractivity contribution in [1.29, 1.82) is 0 Å². The maximum absolute atomic E-state index is 12.8. The number of morpholine rings is 2. The van der Waals surface area contributed by atoms with E-state index in [1.807, 2.05) is 12.1 Å². The molecule has 0 saturated carbocycles. The first-order valence-electron chi connectivity index (χ1n) is 8.49. The monoisotopic (exact) mass is 354 g/mol. The number of rotatable bonds is 4. The van der Waals surface area contributed by atoms with Crippen molar-refractivity contribution in [3.63, 3.8) is 0 Å². The molecule has 24 heavy (non-hydrogen) atoms. The minimum Gasteiger partial charge on any atom is -0.379 e. The number of ether oxygens (including phenoxy) is 2. The Morgan fingerprint density at radius 1 is 1.21 bits per heavy atom. The van der Waals surface area contributed by atoms with Crippen LogP contribution in [0.5, 0.6) is 0 Å². The molecule has 2 unspecified atom stereocenters. The Morgan fingerprint density at radius 2 is 1.96 bits per heavy atom. The molecule has 0 bridgehead atoms. The van der Waals surface area contributed by atoms with Gasteiger partial charge in [-0.2, -0.15) is 4.31 Å². The summed E-state index contributed by atoms with van der Waals surface area (Å²) in [5.74, 6) is 0. The summed E-state index contributed by atoms with van der Waals surface area (Å²) in [4.78, 5) is 2.71. The second-order valence-electron chi connectivity index (χ2n) is 6.59. The third kappa shape index (κ3) is 3.97. The molecule has 1 aromatic rings. The van der Waals surface area contributed by atoms with Crippen molar-refractivity contribution in [3.8, 4) is 0 Å². The molecular weight excluding hydrogens is 328 g/mol. The Balaban J connectivity index is 1.76. The van der Waals surface area contributed by atoms with Crippen LogP contribution < -0.4 is 0 Å². The Bertz CT molecular complexity index is 658. The summed E-state index contributed by atoms with van der Waals surface area (Å²) in [6.45, 7) is 8.29. The molecule has 0 amide bonds. The molecule has 1 aromatic carbocycles. The zero-order valence-corrected chi connectivity index (χ0v) is 15.2. The van der Waals surface area contributed by atoms with Gasteiger partial charge in [0.2, 0.25) is 10.0 Å². The molecule has 0 N–H and O–H groups in total. The number of hydrogen-bond donors (Lipinski definition) is 0. The second kappa shape index (κ2) is 7.49. The zero-order chi connectivity index (χ0) is 17.2. The van der Waals surface area contributed by atoms with Crippen molar-refractivity contribution in [2.45, 2.75) is 37.4 Å². The normalized spacial score (nSPS) is 27.2. The van der Waals surface area contributed by atoms with E-state index in [-0.39, 0.29) is 6.10 Å². The van der Waals surface area contributed by atoms with Crippen LogP contribution in [0.2, 0.25) is 0 Å².